The van der Waals surface area contributed by atoms with Crippen LogP contribution in [0.4, 0.5) is 0 Å². The lowest BCUT2D eigenvalue weighted by molar-refractivity contribution is -0.119. The SMILES string of the molecule is O=C1CCC(CN2CCc3cc(Br)cc(Cl)c3C2)N1. The molecule has 5 heteroatoms. The van der Waals surface area contributed by atoms with Gasteiger partial charge in [-0.2, -0.15) is 0 Å². The molecule has 1 atom stereocenters. The van der Waals surface area contributed by atoms with Gasteiger partial charge in [-0.15, -0.1) is 0 Å². The zero-order chi connectivity index (χ0) is 13.4. The molecule has 1 fully saturated rings. The Labute approximate surface area is 126 Å². The summed E-state index contributed by atoms with van der Waals surface area (Å²) in [6.45, 7) is 2.84. The fraction of sp³-hybridized carbons (Fsp3) is 0.500. The summed E-state index contributed by atoms with van der Waals surface area (Å²) in [5, 5.41) is 3.87. The van der Waals surface area contributed by atoms with Crippen LogP contribution in [-0.4, -0.2) is 29.9 Å². The second-order valence-electron chi connectivity index (χ2n) is 5.31. The number of halogens is 2. The monoisotopic (exact) mass is 342 g/mol. The normalized spacial score (nSPS) is 23.3. The lowest BCUT2D eigenvalue weighted by atomic mass is 9.99. The van der Waals surface area contributed by atoms with Crippen LogP contribution in [0.15, 0.2) is 16.6 Å². The molecule has 0 bridgehead atoms. The van der Waals surface area contributed by atoms with Gasteiger partial charge in [-0.25, -0.2) is 0 Å². The summed E-state index contributed by atoms with van der Waals surface area (Å²) in [5.74, 6) is 0.185. The van der Waals surface area contributed by atoms with Gasteiger partial charge in [0.25, 0.3) is 0 Å². The van der Waals surface area contributed by atoms with Crippen LogP contribution < -0.4 is 5.32 Å². The summed E-state index contributed by atoms with van der Waals surface area (Å²) < 4.78 is 1.05. The van der Waals surface area contributed by atoms with E-state index in [-0.39, 0.29) is 5.91 Å². The first-order chi connectivity index (χ1) is 9.11. The molecule has 1 saturated heterocycles. The molecular formula is C14H16BrClN2O. The average molecular weight is 344 g/mol. The lowest BCUT2D eigenvalue weighted by Gasteiger charge is -2.31. The van der Waals surface area contributed by atoms with E-state index in [1.807, 2.05) is 6.07 Å². The van der Waals surface area contributed by atoms with Gasteiger partial charge in [0.15, 0.2) is 0 Å². The van der Waals surface area contributed by atoms with E-state index in [9.17, 15) is 4.79 Å². The molecule has 0 aromatic heterocycles. The Bertz CT molecular complexity index is 520. The second-order valence-corrected chi connectivity index (χ2v) is 6.64. The number of amides is 1. The maximum atomic E-state index is 11.2. The molecule has 102 valence electrons. The minimum Gasteiger partial charge on any atom is -0.352 e. The number of hydrogen-bond acceptors (Lipinski definition) is 2. The van der Waals surface area contributed by atoms with E-state index in [2.05, 4.69) is 32.2 Å². The van der Waals surface area contributed by atoms with Crippen LogP contribution in [0.1, 0.15) is 24.0 Å². The van der Waals surface area contributed by atoms with Gasteiger partial charge in [0.05, 0.1) is 0 Å². The minimum absolute atomic E-state index is 0.185. The molecule has 3 nitrogen and oxygen atoms in total. The van der Waals surface area contributed by atoms with Crippen molar-refractivity contribution >= 4 is 33.4 Å². The maximum Gasteiger partial charge on any atom is 0.220 e. The molecule has 2 aliphatic rings. The van der Waals surface area contributed by atoms with E-state index in [0.717, 1.165) is 42.0 Å². The van der Waals surface area contributed by atoms with Gasteiger partial charge in [-0.05, 0) is 36.1 Å². The summed E-state index contributed by atoms with van der Waals surface area (Å²) in [6.07, 6.45) is 2.65. The Kier molecular flexibility index (Phi) is 3.83. The van der Waals surface area contributed by atoms with E-state index in [4.69, 9.17) is 11.6 Å². The Hall–Kier alpha value is -0.580. The first-order valence-electron chi connectivity index (χ1n) is 6.60. The Morgan fingerprint density at radius 3 is 3.00 bits per heavy atom. The van der Waals surface area contributed by atoms with Crippen molar-refractivity contribution in [3.8, 4) is 0 Å². The summed E-state index contributed by atoms with van der Waals surface area (Å²) in [6, 6.07) is 4.43. The minimum atomic E-state index is 0.185. The van der Waals surface area contributed by atoms with Crippen LogP contribution in [0.2, 0.25) is 5.02 Å². The number of nitrogens with one attached hydrogen (secondary N) is 1. The van der Waals surface area contributed by atoms with Gasteiger partial charge in [0.2, 0.25) is 5.91 Å². The number of rotatable bonds is 2. The van der Waals surface area contributed by atoms with E-state index >= 15 is 0 Å². The highest BCUT2D eigenvalue weighted by molar-refractivity contribution is 9.10. The van der Waals surface area contributed by atoms with Gasteiger partial charge in [0.1, 0.15) is 0 Å². The summed E-state index contributed by atoms with van der Waals surface area (Å²) in [4.78, 5) is 13.6. The van der Waals surface area contributed by atoms with Crippen molar-refractivity contribution in [3.63, 3.8) is 0 Å². The molecule has 1 aromatic carbocycles. The van der Waals surface area contributed by atoms with E-state index in [0.29, 0.717) is 12.5 Å². The van der Waals surface area contributed by atoms with Crippen molar-refractivity contribution in [1.29, 1.82) is 0 Å². The number of benzene rings is 1. The second kappa shape index (κ2) is 5.43. The molecule has 0 aliphatic carbocycles. The van der Waals surface area contributed by atoms with Crippen molar-refractivity contribution in [2.24, 2.45) is 0 Å². The maximum absolute atomic E-state index is 11.2. The van der Waals surface area contributed by atoms with Gasteiger partial charge < -0.3 is 5.32 Å². The zero-order valence-electron chi connectivity index (χ0n) is 10.6. The molecule has 2 heterocycles. The van der Waals surface area contributed by atoms with Crippen LogP contribution in [0.3, 0.4) is 0 Å². The smallest absolute Gasteiger partial charge is 0.220 e. The van der Waals surface area contributed by atoms with Gasteiger partial charge >= 0.3 is 0 Å². The molecule has 1 unspecified atom stereocenters. The third kappa shape index (κ3) is 2.96. The van der Waals surface area contributed by atoms with Crippen LogP contribution in [0.25, 0.3) is 0 Å². The zero-order valence-corrected chi connectivity index (χ0v) is 12.9. The largest absolute Gasteiger partial charge is 0.352 e. The first kappa shape index (κ1) is 13.4. The third-order valence-corrected chi connectivity index (χ3v) is 4.69. The van der Waals surface area contributed by atoms with E-state index < -0.39 is 0 Å². The average Bonchev–Trinajstić information content (AvgIpc) is 2.75. The van der Waals surface area contributed by atoms with Crippen molar-refractivity contribution in [2.75, 3.05) is 13.1 Å². The molecular weight excluding hydrogens is 328 g/mol. The molecule has 1 aromatic rings. The topological polar surface area (TPSA) is 32.3 Å². The summed E-state index contributed by atoms with van der Waals surface area (Å²) in [5.41, 5.74) is 2.58. The number of fused-ring (bicyclic) bond motifs is 1. The van der Waals surface area contributed by atoms with Crippen molar-refractivity contribution < 1.29 is 4.79 Å². The van der Waals surface area contributed by atoms with Gasteiger partial charge in [0, 0.05) is 41.6 Å². The number of nitrogens with zero attached hydrogens (tertiary/aromatic N) is 1. The molecule has 0 saturated carbocycles. The molecule has 1 amide bonds. The summed E-state index contributed by atoms with van der Waals surface area (Å²) in [7, 11) is 0. The Morgan fingerprint density at radius 1 is 1.42 bits per heavy atom. The highest BCUT2D eigenvalue weighted by atomic mass is 79.9. The summed E-state index contributed by atoms with van der Waals surface area (Å²) >= 11 is 9.81. The van der Waals surface area contributed by atoms with Gasteiger partial charge in [-0.1, -0.05) is 27.5 Å². The van der Waals surface area contributed by atoms with E-state index in [1.165, 1.54) is 11.1 Å². The predicted octanol–water partition coefficient (Wildman–Crippen LogP) is 2.74. The number of hydrogen-bond donors (Lipinski definition) is 1. The molecule has 3 rings (SSSR count). The van der Waals surface area contributed by atoms with Crippen molar-refractivity contribution in [3.05, 3.63) is 32.8 Å². The highest BCUT2D eigenvalue weighted by Crippen LogP contribution is 2.30. The lowest BCUT2D eigenvalue weighted by Crippen LogP contribution is -2.41. The fourth-order valence-electron chi connectivity index (χ4n) is 2.92. The van der Waals surface area contributed by atoms with E-state index in [1.54, 1.807) is 0 Å². The molecule has 19 heavy (non-hydrogen) atoms. The molecule has 2 aliphatic heterocycles. The molecule has 0 spiro atoms. The highest BCUT2D eigenvalue weighted by Gasteiger charge is 2.25. The van der Waals surface area contributed by atoms with Crippen molar-refractivity contribution in [2.45, 2.75) is 31.8 Å². The Morgan fingerprint density at radius 2 is 2.26 bits per heavy atom. The standard InChI is InChI=1S/C14H16BrClN2O/c15-10-5-9-3-4-18(8-12(9)13(16)6-10)7-11-1-2-14(19)17-11/h5-6,11H,1-4,7-8H2,(H,17,19). The Balaban J connectivity index is 1.70. The number of carbonyl (C=O) groups excluding carboxylic acids is 1. The fourth-order valence-corrected chi connectivity index (χ4v) is 3.86. The quantitative estimate of drug-likeness (QED) is 0.895. The van der Waals surface area contributed by atoms with Gasteiger partial charge in [-0.3, -0.25) is 9.69 Å². The van der Waals surface area contributed by atoms with Crippen LogP contribution in [0.5, 0.6) is 0 Å². The first-order valence-corrected chi connectivity index (χ1v) is 7.77. The van der Waals surface area contributed by atoms with Crippen LogP contribution >= 0.6 is 27.5 Å². The third-order valence-electron chi connectivity index (χ3n) is 3.90. The molecule has 0 radical (unpaired) electrons. The van der Waals surface area contributed by atoms with Crippen molar-refractivity contribution in [1.82, 2.24) is 10.2 Å². The number of carbonyl (C=O) groups is 1. The van der Waals surface area contributed by atoms with Crippen LogP contribution in [-0.2, 0) is 17.8 Å². The van der Waals surface area contributed by atoms with Crippen LogP contribution in [0, 0.1) is 0 Å². The molecule has 1 N–H and O–H groups in total. The predicted molar refractivity (Wildman–Crippen MR) is 79.3 cm³/mol.